The SMILES string of the molecule is Cc1cccc(-c2nnc(CCC(=O)Nc3cccc(C)c3C)o2)c1. The van der Waals surface area contributed by atoms with Gasteiger partial charge >= 0.3 is 0 Å². The molecule has 0 radical (unpaired) electrons. The van der Waals surface area contributed by atoms with Crippen molar-refractivity contribution in [1.29, 1.82) is 0 Å². The van der Waals surface area contributed by atoms with Crippen molar-refractivity contribution >= 4 is 11.6 Å². The minimum Gasteiger partial charge on any atom is -0.421 e. The first-order chi connectivity index (χ1) is 12.0. The summed E-state index contributed by atoms with van der Waals surface area (Å²) < 4.78 is 5.67. The molecule has 0 spiro atoms. The number of nitrogens with zero attached hydrogens (tertiary/aromatic N) is 2. The Kier molecular flexibility index (Phi) is 4.93. The predicted octanol–water partition coefficient (Wildman–Crippen LogP) is 4.23. The zero-order valence-electron chi connectivity index (χ0n) is 14.7. The molecule has 128 valence electrons. The van der Waals surface area contributed by atoms with Crippen LogP contribution in [0.4, 0.5) is 5.69 Å². The molecular formula is C20H21N3O2. The number of carbonyl (C=O) groups is 1. The fourth-order valence-electron chi connectivity index (χ4n) is 2.57. The molecule has 0 bridgehead atoms. The Morgan fingerprint density at radius 3 is 2.68 bits per heavy atom. The van der Waals surface area contributed by atoms with E-state index in [0.717, 1.165) is 27.9 Å². The van der Waals surface area contributed by atoms with Crippen LogP contribution in [0.1, 0.15) is 29.0 Å². The van der Waals surface area contributed by atoms with Crippen molar-refractivity contribution in [3.63, 3.8) is 0 Å². The van der Waals surface area contributed by atoms with Gasteiger partial charge < -0.3 is 9.73 Å². The Morgan fingerprint density at radius 2 is 1.88 bits per heavy atom. The van der Waals surface area contributed by atoms with Gasteiger partial charge in [0.1, 0.15) is 0 Å². The van der Waals surface area contributed by atoms with E-state index in [4.69, 9.17) is 4.42 Å². The molecule has 1 heterocycles. The first-order valence-corrected chi connectivity index (χ1v) is 8.28. The highest BCUT2D eigenvalue weighted by molar-refractivity contribution is 5.91. The molecule has 0 aliphatic carbocycles. The Morgan fingerprint density at radius 1 is 1.08 bits per heavy atom. The van der Waals surface area contributed by atoms with Crippen LogP contribution in [0, 0.1) is 20.8 Å². The monoisotopic (exact) mass is 335 g/mol. The molecule has 3 rings (SSSR count). The van der Waals surface area contributed by atoms with Crippen LogP contribution in [0.5, 0.6) is 0 Å². The van der Waals surface area contributed by atoms with Crippen LogP contribution in [-0.2, 0) is 11.2 Å². The van der Waals surface area contributed by atoms with Gasteiger partial charge in [0, 0.05) is 24.1 Å². The number of anilines is 1. The minimum absolute atomic E-state index is 0.0657. The Labute approximate surface area is 147 Å². The zero-order valence-corrected chi connectivity index (χ0v) is 14.7. The molecule has 0 saturated carbocycles. The van der Waals surface area contributed by atoms with Crippen molar-refractivity contribution in [3.8, 4) is 11.5 Å². The van der Waals surface area contributed by atoms with Crippen LogP contribution in [0.3, 0.4) is 0 Å². The van der Waals surface area contributed by atoms with Crippen molar-refractivity contribution < 1.29 is 9.21 Å². The summed E-state index contributed by atoms with van der Waals surface area (Å²) >= 11 is 0. The Hall–Kier alpha value is -2.95. The number of rotatable bonds is 5. The second-order valence-corrected chi connectivity index (χ2v) is 6.17. The summed E-state index contributed by atoms with van der Waals surface area (Å²) in [5.74, 6) is 0.880. The molecule has 1 amide bonds. The third-order valence-electron chi connectivity index (χ3n) is 4.18. The average molecular weight is 335 g/mol. The van der Waals surface area contributed by atoms with Gasteiger partial charge in [0.25, 0.3) is 0 Å². The largest absolute Gasteiger partial charge is 0.421 e. The van der Waals surface area contributed by atoms with Gasteiger partial charge in [-0.15, -0.1) is 10.2 Å². The molecule has 0 fully saturated rings. The molecule has 0 atom stereocenters. The first kappa shape index (κ1) is 16.9. The second-order valence-electron chi connectivity index (χ2n) is 6.17. The summed E-state index contributed by atoms with van der Waals surface area (Å²) in [5, 5.41) is 11.0. The van der Waals surface area contributed by atoms with Crippen LogP contribution >= 0.6 is 0 Å². The van der Waals surface area contributed by atoms with E-state index in [2.05, 4.69) is 15.5 Å². The van der Waals surface area contributed by atoms with E-state index < -0.39 is 0 Å². The van der Waals surface area contributed by atoms with E-state index in [1.54, 1.807) is 0 Å². The second kappa shape index (κ2) is 7.30. The Balaban J connectivity index is 1.60. The molecule has 1 aromatic heterocycles. The van der Waals surface area contributed by atoms with Crippen molar-refractivity contribution in [1.82, 2.24) is 10.2 Å². The van der Waals surface area contributed by atoms with Gasteiger partial charge in [-0.05, 0) is 50.1 Å². The summed E-state index contributed by atoms with van der Waals surface area (Å²) in [6.45, 7) is 6.03. The summed E-state index contributed by atoms with van der Waals surface area (Å²) in [5.41, 5.74) is 5.09. The third-order valence-corrected chi connectivity index (χ3v) is 4.18. The van der Waals surface area contributed by atoms with E-state index in [0.29, 0.717) is 24.6 Å². The molecule has 3 aromatic rings. The van der Waals surface area contributed by atoms with E-state index in [1.165, 1.54) is 0 Å². The van der Waals surface area contributed by atoms with E-state index in [-0.39, 0.29) is 5.91 Å². The van der Waals surface area contributed by atoms with Crippen LogP contribution < -0.4 is 5.32 Å². The van der Waals surface area contributed by atoms with Crippen LogP contribution in [0.25, 0.3) is 11.5 Å². The van der Waals surface area contributed by atoms with E-state index in [9.17, 15) is 4.79 Å². The smallest absolute Gasteiger partial charge is 0.247 e. The number of benzene rings is 2. The summed E-state index contributed by atoms with van der Waals surface area (Å²) in [7, 11) is 0. The lowest BCUT2D eigenvalue weighted by Gasteiger charge is -2.09. The number of aryl methyl sites for hydroxylation is 3. The van der Waals surface area contributed by atoms with Gasteiger partial charge in [-0.3, -0.25) is 4.79 Å². The predicted molar refractivity (Wildman–Crippen MR) is 97.3 cm³/mol. The molecule has 0 aliphatic rings. The molecule has 2 aromatic carbocycles. The fraction of sp³-hybridized carbons (Fsp3) is 0.250. The normalized spacial score (nSPS) is 10.7. The maximum absolute atomic E-state index is 12.2. The number of amides is 1. The van der Waals surface area contributed by atoms with Gasteiger partial charge in [0.05, 0.1) is 0 Å². The van der Waals surface area contributed by atoms with Gasteiger partial charge in [-0.1, -0.05) is 29.8 Å². The minimum atomic E-state index is -0.0657. The van der Waals surface area contributed by atoms with Crippen LogP contribution in [-0.4, -0.2) is 16.1 Å². The van der Waals surface area contributed by atoms with E-state index >= 15 is 0 Å². The van der Waals surface area contributed by atoms with Gasteiger partial charge in [0.2, 0.25) is 17.7 Å². The average Bonchev–Trinajstić information content (AvgIpc) is 3.06. The van der Waals surface area contributed by atoms with Crippen molar-refractivity contribution in [2.45, 2.75) is 33.6 Å². The summed E-state index contributed by atoms with van der Waals surface area (Å²) in [4.78, 5) is 12.2. The van der Waals surface area contributed by atoms with Crippen LogP contribution in [0.2, 0.25) is 0 Å². The zero-order chi connectivity index (χ0) is 17.8. The lowest BCUT2D eigenvalue weighted by atomic mass is 10.1. The quantitative estimate of drug-likeness (QED) is 0.757. The molecular weight excluding hydrogens is 314 g/mol. The molecule has 1 N–H and O–H groups in total. The molecule has 0 unspecified atom stereocenters. The van der Waals surface area contributed by atoms with Crippen molar-refractivity contribution in [3.05, 3.63) is 65.0 Å². The lowest BCUT2D eigenvalue weighted by Crippen LogP contribution is -2.13. The van der Waals surface area contributed by atoms with Gasteiger partial charge in [-0.2, -0.15) is 0 Å². The number of hydrogen-bond acceptors (Lipinski definition) is 4. The summed E-state index contributed by atoms with van der Waals surface area (Å²) in [6, 6.07) is 13.7. The fourth-order valence-corrected chi connectivity index (χ4v) is 2.57. The van der Waals surface area contributed by atoms with Crippen molar-refractivity contribution in [2.24, 2.45) is 0 Å². The van der Waals surface area contributed by atoms with Crippen molar-refractivity contribution in [2.75, 3.05) is 5.32 Å². The van der Waals surface area contributed by atoms with Gasteiger partial charge in [-0.25, -0.2) is 0 Å². The first-order valence-electron chi connectivity index (χ1n) is 8.28. The number of carbonyl (C=O) groups excluding carboxylic acids is 1. The standard InChI is InChI=1S/C20H21N3O2/c1-13-6-4-8-16(12-13)20-23-22-19(25-20)11-10-18(24)21-17-9-5-7-14(2)15(17)3/h4-9,12H,10-11H2,1-3H3,(H,21,24). The molecule has 0 aliphatic heterocycles. The topological polar surface area (TPSA) is 68.0 Å². The van der Waals surface area contributed by atoms with E-state index in [1.807, 2.05) is 63.2 Å². The summed E-state index contributed by atoms with van der Waals surface area (Å²) in [6.07, 6.45) is 0.707. The molecule has 5 heteroatoms. The van der Waals surface area contributed by atoms with Gasteiger partial charge in [0.15, 0.2) is 0 Å². The molecule has 0 saturated heterocycles. The Bertz CT molecular complexity index is 899. The molecule has 5 nitrogen and oxygen atoms in total. The highest BCUT2D eigenvalue weighted by atomic mass is 16.4. The third kappa shape index (κ3) is 4.12. The maximum Gasteiger partial charge on any atom is 0.247 e. The number of nitrogens with one attached hydrogen (secondary N) is 1. The highest BCUT2D eigenvalue weighted by Gasteiger charge is 2.11. The maximum atomic E-state index is 12.2. The lowest BCUT2D eigenvalue weighted by molar-refractivity contribution is -0.116. The highest BCUT2D eigenvalue weighted by Crippen LogP contribution is 2.20. The number of aromatic nitrogens is 2. The number of hydrogen-bond donors (Lipinski definition) is 1. The van der Waals surface area contributed by atoms with Crippen LogP contribution in [0.15, 0.2) is 46.9 Å². The molecule has 25 heavy (non-hydrogen) atoms.